The molecule has 6 nitrogen and oxygen atoms in total. The number of furan rings is 1. The van der Waals surface area contributed by atoms with Gasteiger partial charge in [0.15, 0.2) is 5.84 Å². The molecule has 1 atom stereocenters. The van der Waals surface area contributed by atoms with E-state index in [4.69, 9.17) is 15.4 Å². The maximum atomic E-state index is 12.4. The molecule has 1 aliphatic heterocycles. The summed E-state index contributed by atoms with van der Waals surface area (Å²) in [5.41, 5.74) is 6.18. The van der Waals surface area contributed by atoms with E-state index in [-0.39, 0.29) is 17.8 Å². The van der Waals surface area contributed by atoms with Crippen LogP contribution in [-0.2, 0) is 6.42 Å². The maximum Gasteiger partial charge on any atom is 0.258 e. The van der Waals surface area contributed by atoms with Crippen molar-refractivity contribution in [3.63, 3.8) is 0 Å². The Bertz CT molecular complexity index is 467. The van der Waals surface area contributed by atoms with E-state index >= 15 is 0 Å². The van der Waals surface area contributed by atoms with Gasteiger partial charge in [-0.05, 0) is 18.9 Å². The zero-order chi connectivity index (χ0) is 13.1. The van der Waals surface area contributed by atoms with Crippen LogP contribution in [0.25, 0.3) is 0 Å². The molecule has 1 unspecified atom stereocenters. The number of oxime groups is 1. The quantitative estimate of drug-likeness (QED) is 0.365. The van der Waals surface area contributed by atoms with Crippen molar-refractivity contribution in [2.75, 3.05) is 6.54 Å². The van der Waals surface area contributed by atoms with Crippen LogP contribution in [0.1, 0.15) is 35.9 Å². The van der Waals surface area contributed by atoms with Gasteiger partial charge in [-0.25, -0.2) is 0 Å². The highest BCUT2D eigenvalue weighted by atomic mass is 16.4. The van der Waals surface area contributed by atoms with Gasteiger partial charge >= 0.3 is 0 Å². The average molecular weight is 251 g/mol. The topological polar surface area (TPSA) is 92.1 Å². The van der Waals surface area contributed by atoms with Crippen molar-refractivity contribution in [3.8, 4) is 0 Å². The summed E-state index contributed by atoms with van der Waals surface area (Å²) in [5.74, 6) is 0.641. The van der Waals surface area contributed by atoms with Crippen LogP contribution in [0.4, 0.5) is 0 Å². The first-order chi connectivity index (χ1) is 8.69. The number of carbonyl (C=O) groups excluding carboxylic acids is 1. The van der Waals surface area contributed by atoms with Gasteiger partial charge in [0.05, 0.1) is 17.9 Å². The molecule has 1 aromatic heterocycles. The molecule has 0 aliphatic carbocycles. The normalized spacial score (nSPS) is 20.4. The highest BCUT2D eigenvalue weighted by Crippen LogP contribution is 2.22. The predicted octanol–water partition coefficient (Wildman–Crippen LogP) is 1.19. The molecule has 0 spiro atoms. The van der Waals surface area contributed by atoms with Crippen LogP contribution in [0.5, 0.6) is 0 Å². The molecule has 1 aromatic rings. The second-order valence-corrected chi connectivity index (χ2v) is 4.29. The molecule has 2 heterocycles. The molecule has 6 heteroatoms. The number of nitrogens with two attached hydrogens (primary N) is 1. The smallest absolute Gasteiger partial charge is 0.258 e. The van der Waals surface area contributed by atoms with Gasteiger partial charge in [-0.3, -0.25) is 4.79 Å². The lowest BCUT2D eigenvalue weighted by Gasteiger charge is -2.23. The van der Waals surface area contributed by atoms with Crippen molar-refractivity contribution in [3.05, 3.63) is 23.7 Å². The molecule has 18 heavy (non-hydrogen) atoms. The summed E-state index contributed by atoms with van der Waals surface area (Å²) in [5, 5.41) is 11.7. The molecule has 98 valence electrons. The van der Waals surface area contributed by atoms with E-state index < -0.39 is 0 Å². The third kappa shape index (κ3) is 2.05. The maximum absolute atomic E-state index is 12.4. The summed E-state index contributed by atoms with van der Waals surface area (Å²) < 4.78 is 5.26. The second kappa shape index (κ2) is 5.12. The summed E-state index contributed by atoms with van der Waals surface area (Å²) in [6.45, 7) is 2.55. The third-order valence-electron chi connectivity index (χ3n) is 3.27. The largest absolute Gasteiger partial charge is 0.469 e. The Balaban J connectivity index is 2.23. The zero-order valence-corrected chi connectivity index (χ0v) is 10.3. The fraction of sp³-hybridized carbons (Fsp3) is 0.500. The Hall–Kier alpha value is -1.98. The minimum atomic E-state index is -0.317. The highest BCUT2D eigenvalue weighted by molar-refractivity contribution is 5.99. The first-order valence-corrected chi connectivity index (χ1v) is 6.03. The lowest BCUT2D eigenvalue weighted by Crippen LogP contribution is -2.44. The van der Waals surface area contributed by atoms with Crippen LogP contribution in [-0.4, -0.2) is 34.4 Å². The van der Waals surface area contributed by atoms with E-state index in [0.29, 0.717) is 24.3 Å². The number of aryl methyl sites for hydroxylation is 1. The minimum absolute atomic E-state index is 0.0855. The van der Waals surface area contributed by atoms with Crippen molar-refractivity contribution in [2.24, 2.45) is 10.9 Å². The number of amides is 1. The third-order valence-corrected chi connectivity index (χ3v) is 3.27. The number of carbonyl (C=O) groups is 1. The fourth-order valence-electron chi connectivity index (χ4n) is 2.34. The SMILES string of the molecule is CCc1occc1C(=O)N1CCCC1/C(N)=N/O. The Kier molecular flexibility index (Phi) is 3.55. The van der Waals surface area contributed by atoms with E-state index in [1.807, 2.05) is 6.92 Å². The molecular formula is C12H17N3O3. The highest BCUT2D eigenvalue weighted by Gasteiger charge is 2.33. The summed E-state index contributed by atoms with van der Waals surface area (Å²) in [4.78, 5) is 14.0. The van der Waals surface area contributed by atoms with Crippen LogP contribution < -0.4 is 5.73 Å². The molecule has 1 amide bonds. The number of nitrogens with zero attached hydrogens (tertiary/aromatic N) is 2. The lowest BCUT2D eigenvalue weighted by atomic mass is 10.1. The molecule has 1 aliphatic rings. The molecule has 1 fully saturated rings. The van der Waals surface area contributed by atoms with Crippen molar-refractivity contribution >= 4 is 11.7 Å². The predicted molar refractivity (Wildman–Crippen MR) is 65.6 cm³/mol. The molecule has 0 radical (unpaired) electrons. The summed E-state index contributed by atoms with van der Waals surface area (Å²) in [6, 6.07) is 1.35. The van der Waals surface area contributed by atoms with E-state index in [0.717, 1.165) is 12.8 Å². The van der Waals surface area contributed by atoms with Gasteiger partial charge in [0.25, 0.3) is 5.91 Å². The summed E-state index contributed by atoms with van der Waals surface area (Å²) in [6.07, 6.45) is 3.75. The van der Waals surface area contributed by atoms with Crippen molar-refractivity contribution < 1.29 is 14.4 Å². The summed E-state index contributed by atoms with van der Waals surface area (Å²) in [7, 11) is 0. The second-order valence-electron chi connectivity index (χ2n) is 4.29. The number of rotatable bonds is 3. The molecule has 0 bridgehead atoms. The van der Waals surface area contributed by atoms with Gasteiger partial charge in [0.2, 0.25) is 0 Å². The van der Waals surface area contributed by atoms with Crippen LogP contribution in [0.15, 0.2) is 21.9 Å². The van der Waals surface area contributed by atoms with Crippen LogP contribution >= 0.6 is 0 Å². The Morgan fingerprint density at radius 3 is 3.17 bits per heavy atom. The van der Waals surface area contributed by atoms with Gasteiger partial charge in [-0.1, -0.05) is 12.1 Å². The van der Waals surface area contributed by atoms with E-state index in [1.165, 1.54) is 6.26 Å². The number of likely N-dealkylation sites (tertiary alicyclic amines) is 1. The number of hydrogen-bond donors (Lipinski definition) is 2. The van der Waals surface area contributed by atoms with Crippen LogP contribution in [0.3, 0.4) is 0 Å². The van der Waals surface area contributed by atoms with Gasteiger partial charge in [0.1, 0.15) is 5.76 Å². The molecule has 0 saturated carbocycles. The van der Waals surface area contributed by atoms with Gasteiger partial charge in [-0.15, -0.1) is 0 Å². The fourth-order valence-corrected chi connectivity index (χ4v) is 2.34. The Morgan fingerprint density at radius 2 is 2.50 bits per heavy atom. The van der Waals surface area contributed by atoms with Crippen LogP contribution in [0, 0.1) is 0 Å². The van der Waals surface area contributed by atoms with Crippen LogP contribution in [0.2, 0.25) is 0 Å². The van der Waals surface area contributed by atoms with E-state index in [2.05, 4.69) is 5.16 Å². The van der Waals surface area contributed by atoms with Gasteiger partial charge in [0, 0.05) is 13.0 Å². The zero-order valence-electron chi connectivity index (χ0n) is 10.3. The summed E-state index contributed by atoms with van der Waals surface area (Å²) >= 11 is 0. The average Bonchev–Trinajstić information content (AvgIpc) is 3.04. The minimum Gasteiger partial charge on any atom is -0.469 e. The van der Waals surface area contributed by atoms with Crippen molar-refractivity contribution in [1.29, 1.82) is 0 Å². The Labute approximate surface area is 105 Å². The van der Waals surface area contributed by atoms with Gasteiger partial charge in [-0.2, -0.15) is 0 Å². The number of hydrogen-bond acceptors (Lipinski definition) is 4. The molecule has 1 saturated heterocycles. The monoisotopic (exact) mass is 251 g/mol. The molecule has 3 N–H and O–H groups in total. The first kappa shape index (κ1) is 12.5. The van der Waals surface area contributed by atoms with Crippen molar-refractivity contribution in [1.82, 2.24) is 4.90 Å². The molecular weight excluding hydrogens is 234 g/mol. The molecule has 0 aromatic carbocycles. The van der Waals surface area contributed by atoms with Crippen molar-refractivity contribution in [2.45, 2.75) is 32.2 Å². The lowest BCUT2D eigenvalue weighted by molar-refractivity contribution is 0.0765. The Morgan fingerprint density at radius 1 is 1.72 bits per heavy atom. The first-order valence-electron chi connectivity index (χ1n) is 6.03. The van der Waals surface area contributed by atoms with E-state index in [9.17, 15) is 4.79 Å². The standard InChI is InChI=1S/C12H17N3O3/c1-2-10-8(5-7-18-10)12(16)15-6-3-4-9(15)11(13)14-17/h5,7,9,17H,2-4,6H2,1H3,(H2,13,14). The molecule has 2 rings (SSSR count). The number of amidine groups is 1. The van der Waals surface area contributed by atoms with E-state index in [1.54, 1.807) is 11.0 Å². The van der Waals surface area contributed by atoms with Gasteiger partial charge < -0.3 is 20.3 Å².